The van der Waals surface area contributed by atoms with Crippen LogP contribution in [0.15, 0.2) is 47.4 Å². The van der Waals surface area contributed by atoms with E-state index in [1.165, 1.54) is 0 Å². The molecule has 0 bridgehead atoms. The molecule has 130 valence electrons. The van der Waals surface area contributed by atoms with Gasteiger partial charge in [0.25, 0.3) is 0 Å². The summed E-state index contributed by atoms with van der Waals surface area (Å²) < 4.78 is 10.5. The van der Waals surface area contributed by atoms with E-state index in [0.29, 0.717) is 12.8 Å². The summed E-state index contributed by atoms with van der Waals surface area (Å²) in [6.45, 7) is 2.10. The summed E-state index contributed by atoms with van der Waals surface area (Å²) in [7, 11) is 3.32. The van der Waals surface area contributed by atoms with Gasteiger partial charge in [-0.1, -0.05) is 31.5 Å². The van der Waals surface area contributed by atoms with Gasteiger partial charge in [-0.3, -0.25) is 0 Å². The van der Waals surface area contributed by atoms with Crippen LogP contribution in [0.4, 0.5) is 0 Å². The van der Waals surface area contributed by atoms with Gasteiger partial charge in [0.2, 0.25) is 0 Å². The third-order valence-corrected chi connectivity index (χ3v) is 5.01. The highest BCUT2D eigenvalue weighted by atomic mass is 32.2. The van der Waals surface area contributed by atoms with Crippen LogP contribution in [0.2, 0.25) is 0 Å². The van der Waals surface area contributed by atoms with Crippen LogP contribution in [-0.2, 0) is 12.0 Å². The highest BCUT2D eigenvalue weighted by molar-refractivity contribution is 7.98. The molecule has 0 saturated carbocycles. The fourth-order valence-corrected chi connectivity index (χ4v) is 3.71. The van der Waals surface area contributed by atoms with Gasteiger partial charge in [-0.25, -0.2) is 0 Å². The Bertz CT molecular complexity index is 654. The van der Waals surface area contributed by atoms with E-state index < -0.39 is 5.60 Å². The van der Waals surface area contributed by atoms with Crippen molar-refractivity contribution in [3.05, 3.63) is 53.6 Å². The summed E-state index contributed by atoms with van der Waals surface area (Å²) in [5, 5.41) is 11.5. The van der Waals surface area contributed by atoms with E-state index in [9.17, 15) is 5.11 Å². The summed E-state index contributed by atoms with van der Waals surface area (Å²) in [6, 6.07) is 13.8. The van der Waals surface area contributed by atoms with Crippen LogP contribution in [0.1, 0.15) is 30.9 Å². The van der Waals surface area contributed by atoms with Crippen LogP contribution < -0.4 is 9.47 Å². The van der Waals surface area contributed by atoms with E-state index >= 15 is 0 Å². The van der Waals surface area contributed by atoms with Crippen LogP contribution in [-0.4, -0.2) is 25.6 Å². The highest BCUT2D eigenvalue weighted by Crippen LogP contribution is 2.38. The zero-order valence-electron chi connectivity index (χ0n) is 14.8. The number of hydrogen-bond donors (Lipinski definition) is 1. The normalized spacial score (nSPS) is 13.4. The Morgan fingerprint density at radius 3 is 2.17 bits per heavy atom. The first-order valence-electron chi connectivity index (χ1n) is 8.14. The first kappa shape index (κ1) is 18.7. The molecule has 0 spiro atoms. The number of benzene rings is 2. The molecule has 1 atom stereocenters. The number of thioether (sulfide) groups is 1. The van der Waals surface area contributed by atoms with E-state index in [4.69, 9.17) is 9.47 Å². The van der Waals surface area contributed by atoms with Gasteiger partial charge >= 0.3 is 0 Å². The minimum atomic E-state index is -0.895. The molecule has 1 N–H and O–H groups in total. The molecule has 0 saturated heterocycles. The average Bonchev–Trinajstić information content (AvgIpc) is 2.62. The Morgan fingerprint density at radius 2 is 1.62 bits per heavy atom. The van der Waals surface area contributed by atoms with Crippen molar-refractivity contribution in [2.75, 3.05) is 20.5 Å². The van der Waals surface area contributed by atoms with Crippen molar-refractivity contribution in [3.63, 3.8) is 0 Å². The van der Waals surface area contributed by atoms with Gasteiger partial charge in [0.15, 0.2) is 0 Å². The lowest BCUT2D eigenvalue weighted by Crippen LogP contribution is -2.29. The summed E-state index contributed by atoms with van der Waals surface area (Å²) in [5.74, 6) is 1.64. The molecular formula is C20H26O3S. The molecular weight excluding hydrogens is 320 g/mol. The summed E-state index contributed by atoms with van der Waals surface area (Å²) >= 11 is 1.63. The number of ether oxygens (including phenoxy) is 2. The van der Waals surface area contributed by atoms with Crippen molar-refractivity contribution >= 4 is 11.8 Å². The van der Waals surface area contributed by atoms with E-state index in [-0.39, 0.29) is 0 Å². The molecule has 0 heterocycles. The average molecular weight is 346 g/mol. The molecule has 0 aliphatic heterocycles. The summed E-state index contributed by atoms with van der Waals surface area (Å²) in [6.07, 6.45) is 4.22. The lowest BCUT2D eigenvalue weighted by molar-refractivity contribution is 0.0242. The maximum atomic E-state index is 11.5. The van der Waals surface area contributed by atoms with Gasteiger partial charge in [0, 0.05) is 11.3 Å². The van der Waals surface area contributed by atoms with Gasteiger partial charge in [-0.15, -0.1) is 11.8 Å². The molecule has 4 heteroatoms. The van der Waals surface area contributed by atoms with Crippen LogP contribution in [0.5, 0.6) is 11.5 Å². The van der Waals surface area contributed by atoms with Crippen molar-refractivity contribution in [2.45, 2.75) is 36.7 Å². The molecule has 0 fully saturated rings. The molecule has 2 aromatic rings. The molecule has 0 radical (unpaired) electrons. The van der Waals surface area contributed by atoms with E-state index in [1.54, 1.807) is 26.0 Å². The zero-order chi connectivity index (χ0) is 17.6. The van der Waals surface area contributed by atoms with Crippen LogP contribution in [0.25, 0.3) is 0 Å². The Balaban J connectivity index is 2.38. The second-order valence-electron chi connectivity index (χ2n) is 5.87. The van der Waals surface area contributed by atoms with Crippen LogP contribution >= 0.6 is 11.8 Å². The van der Waals surface area contributed by atoms with Crippen molar-refractivity contribution in [3.8, 4) is 11.5 Å². The maximum Gasteiger partial charge on any atom is 0.119 e. The van der Waals surface area contributed by atoms with Gasteiger partial charge < -0.3 is 14.6 Å². The number of hydrogen-bond acceptors (Lipinski definition) is 4. The number of rotatable bonds is 8. The van der Waals surface area contributed by atoms with E-state index in [1.807, 2.05) is 48.7 Å². The molecule has 2 rings (SSSR count). The number of methoxy groups -OCH3 is 2. The van der Waals surface area contributed by atoms with Gasteiger partial charge in [0.05, 0.1) is 19.8 Å². The van der Waals surface area contributed by atoms with Crippen LogP contribution in [0.3, 0.4) is 0 Å². The molecule has 0 aliphatic rings. The minimum absolute atomic E-state index is 0.574. The quantitative estimate of drug-likeness (QED) is 0.706. The monoisotopic (exact) mass is 346 g/mol. The summed E-state index contributed by atoms with van der Waals surface area (Å²) in [5.41, 5.74) is 1.16. The first-order chi connectivity index (χ1) is 11.6. The molecule has 0 aromatic heterocycles. The lowest BCUT2D eigenvalue weighted by Gasteiger charge is -2.30. The summed E-state index contributed by atoms with van der Waals surface area (Å²) in [4.78, 5) is 1.05. The SMILES string of the molecule is CCCC(O)(Cc1ccc(OC)cc1)c1ccc(OC)cc1SC. The van der Waals surface area contributed by atoms with Gasteiger partial charge in [-0.2, -0.15) is 0 Å². The Labute approximate surface area is 149 Å². The predicted octanol–water partition coefficient (Wildman–Crippen LogP) is 4.66. The van der Waals surface area contributed by atoms with E-state index in [2.05, 4.69) is 6.92 Å². The standard InChI is InChI=1S/C20H26O3S/c1-5-12-20(21,14-15-6-8-16(22-2)9-7-15)18-11-10-17(23-3)13-19(18)24-4/h6-11,13,21H,5,12,14H2,1-4H3. The topological polar surface area (TPSA) is 38.7 Å². The van der Waals surface area contributed by atoms with Crippen molar-refractivity contribution in [1.29, 1.82) is 0 Å². The molecule has 3 nitrogen and oxygen atoms in total. The molecule has 0 amide bonds. The minimum Gasteiger partial charge on any atom is -0.497 e. The number of aliphatic hydroxyl groups is 1. The van der Waals surface area contributed by atoms with Crippen molar-refractivity contribution < 1.29 is 14.6 Å². The predicted molar refractivity (Wildman–Crippen MR) is 100 cm³/mol. The third-order valence-electron chi connectivity index (χ3n) is 4.23. The Kier molecular flexibility index (Phi) is 6.58. The third kappa shape index (κ3) is 4.25. The largest absolute Gasteiger partial charge is 0.497 e. The molecule has 24 heavy (non-hydrogen) atoms. The van der Waals surface area contributed by atoms with Gasteiger partial charge in [0.1, 0.15) is 11.5 Å². The fraction of sp³-hybridized carbons (Fsp3) is 0.400. The van der Waals surface area contributed by atoms with Crippen LogP contribution in [0, 0.1) is 0 Å². The van der Waals surface area contributed by atoms with Crippen molar-refractivity contribution in [2.24, 2.45) is 0 Å². The maximum absolute atomic E-state index is 11.5. The Hall–Kier alpha value is -1.65. The van der Waals surface area contributed by atoms with E-state index in [0.717, 1.165) is 33.9 Å². The Morgan fingerprint density at radius 1 is 1.00 bits per heavy atom. The molecule has 1 unspecified atom stereocenters. The zero-order valence-corrected chi connectivity index (χ0v) is 15.7. The lowest BCUT2D eigenvalue weighted by atomic mass is 9.83. The second-order valence-corrected chi connectivity index (χ2v) is 6.72. The second kappa shape index (κ2) is 8.45. The van der Waals surface area contributed by atoms with Crippen molar-refractivity contribution in [1.82, 2.24) is 0 Å². The first-order valence-corrected chi connectivity index (χ1v) is 9.36. The fourth-order valence-electron chi connectivity index (χ4n) is 3.00. The smallest absolute Gasteiger partial charge is 0.119 e. The molecule has 2 aromatic carbocycles. The van der Waals surface area contributed by atoms with Gasteiger partial charge in [-0.05, 0) is 48.1 Å². The highest BCUT2D eigenvalue weighted by Gasteiger charge is 2.31. The molecule has 0 aliphatic carbocycles.